The van der Waals surface area contributed by atoms with Crippen LogP contribution in [-0.2, 0) is 19.5 Å². The first kappa shape index (κ1) is 29.8. The predicted octanol–water partition coefficient (Wildman–Crippen LogP) is 3.44. The van der Waals surface area contributed by atoms with Crippen molar-refractivity contribution in [3.63, 3.8) is 0 Å². The maximum atomic E-state index is 13.8. The van der Waals surface area contributed by atoms with Crippen molar-refractivity contribution in [2.24, 2.45) is 0 Å². The van der Waals surface area contributed by atoms with Crippen LogP contribution in [0.5, 0.6) is 11.8 Å². The van der Waals surface area contributed by atoms with E-state index in [0.717, 1.165) is 6.42 Å². The van der Waals surface area contributed by atoms with Gasteiger partial charge in [0.1, 0.15) is 23.8 Å². The van der Waals surface area contributed by atoms with E-state index in [0.29, 0.717) is 17.3 Å². The van der Waals surface area contributed by atoms with E-state index in [9.17, 15) is 8.42 Å². The van der Waals surface area contributed by atoms with Crippen molar-refractivity contribution >= 4 is 27.6 Å². The topological polar surface area (TPSA) is 165 Å². The third-order valence-corrected chi connectivity index (χ3v) is 8.16. The Hall–Kier alpha value is -3.14. The molecule has 3 aromatic heterocycles. The number of hydrogen-bond acceptors (Lipinski definition) is 12. The molecule has 0 saturated carbocycles. The summed E-state index contributed by atoms with van der Waals surface area (Å²) >= 11 is 5.94. The molecule has 0 spiro atoms. The minimum atomic E-state index is -4.19. The number of nitrogens with zero attached hydrogens (tertiary/aromatic N) is 7. The summed E-state index contributed by atoms with van der Waals surface area (Å²) < 4.78 is 54.8. The van der Waals surface area contributed by atoms with Gasteiger partial charge in [-0.2, -0.15) is 9.97 Å². The largest absolute Gasteiger partial charge is 0.479 e. The summed E-state index contributed by atoms with van der Waals surface area (Å²) in [5.74, 6) is 0.600. The molecular weight excluding hydrogens is 564 g/mol. The van der Waals surface area contributed by atoms with Gasteiger partial charge in [0.15, 0.2) is 17.3 Å². The average molecular weight is 597 g/mol. The fourth-order valence-electron chi connectivity index (χ4n) is 4.32. The van der Waals surface area contributed by atoms with Gasteiger partial charge in [-0.25, -0.2) is 18.4 Å². The van der Waals surface area contributed by atoms with Gasteiger partial charge in [0, 0.05) is 12.4 Å². The molecule has 0 aromatic carbocycles. The van der Waals surface area contributed by atoms with Crippen molar-refractivity contribution in [1.29, 1.82) is 0 Å². The Balaban J connectivity index is 1.80. The van der Waals surface area contributed by atoms with E-state index in [1.54, 1.807) is 13.8 Å². The standard InChI is InChI=1S/C24H33ClN8O6S/c1-13(2)38-18(19-26-10-15(25)11-27-19)14(3)40(34,35)32-23-31-30-20(16-8-9-24(4,5)39-16)33(23)17-21(36-6)28-12-29-22(17)37-7/h10-14,16,18H,8-9H2,1-7H3,(H,31,32)/t14-,16-,18+/m0/s1. The first-order valence-electron chi connectivity index (χ1n) is 12.6. The van der Waals surface area contributed by atoms with Crippen molar-refractivity contribution in [2.75, 3.05) is 18.9 Å². The lowest BCUT2D eigenvalue weighted by molar-refractivity contribution is -0.0207. The zero-order chi connectivity index (χ0) is 29.2. The molecule has 3 atom stereocenters. The number of hydrogen-bond donors (Lipinski definition) is 1. The van der Waals surface area contributed by atoms with E-state index < -0.39 is 33.1 Å². The third kappa shape index (κ3) is 6.27. The van der Waals surface area contributed by atoms with Gasteiger partial charge in [-0.3, -0.25) is 9.29 Å². The van der Waals surface area contributed by atoms with Crippen LogP contribution < -0.4 is 14.2 Å². The summed E-state index contributed by atoms with van der Waals surface area (Å²) in [5.41, 5.74) is -0.195. The predicted molar refractivity (Wildman–Crippen MR) is 145 cm³/mol. The summed E-state index contributed by atoms with van der Waals surface area (Å²) in [5, 5.41) is 7.66. The highest BCUT2D eigenvalue weighted by atomic mass is 35.5. The Morgan fingerprint density at radius 3 is 2.23 bits per heavy atom. The Labute approximate surface area is 237 Å². The first-order valence-corrected chi connectivity index (χ1v) is 14.5. The van der Waals surface area contributed by atoms with E-state index in [4.69, 9.17) is 30.5 Å². The molecule has 16 heteroatoms. The van der Waals surface area contributed by atoms with Crippen LogP contribution in [0.3, 0.4) is 0 Å². The van der Waals surface area contributed by atoms with Crippen LogP contribution in [0.4, 0.5) is 5.95 Å². The molecule has 0 unspecified atom stereocenters. The van der Waals surface area contributed by atoms with E-state index in [-0.39, 0.29) is 35.3 Å². The first-order chi connectivity index (χ1) is 18.9. The monoisotopic (exact) mass is 596 g/mol. The smallest absolute Gasteiger partial charge is 0.245 e. The number of rotatable bonds is 11. The summed E-state index contributed by atoms with van der Waals surface area (Å²) in [6, 6.07) is 0. The Morgan fingerprint density at radius 1 is 1.07 bits per heavy atom. The van der Waals surface area contributed by atoms with Gasteiger partial charge in [0.2, 0.25) is 27.7 Å². The number of sulfonamides is 1. The fourth-order valence-corrected chi connectivity index (χ4v) is 5.50. The van der Waals surface area contributed by atoms with Crippen LogP contribution in [0.15, 0.2) is 18.7 Å². The van der Waals surface area contributed by atoms with Crippen molar-refractivity contribution in [2.45, 2.75) is 76.6 Å². The van der Waals surface area contributed by atoms with Crippen molar-refractivity contribution in [1.82, 2.24) is 34.7 Å². The minimum absolute atomic E-state index is 0.120. The van der Waals surface area contributed by atoms with Gasteiger partial charge in [0.25, 0.3) is 0 Å². The van der Waals surface area contributed by atoms with Gasteiger partial charge < -0.3 is 18.9 Å². The van der Waals surface area contributed by atoms with Gasteiger partial charge in [-0.1, -0.05) is 11.6 Å². The molecule has 0 aliphatic carbocycles. The molecule has 1 aliphatic rings. The quantitative estimate of drug-likeness (QED) is 0.343. The van der Waals surface area contributed by atoms with Crippen LogP contribution in [0, 0.1) is 0 Å². The van der Waals surface area contributed by atoms with E-state index in [2.05, 4.69) is 34.9 Å². The number of methoxy groups -OCH3 is 2. The SMILES string of the molecule is COc1ncnc(OC)c1-n1c(NS(=O)(=O)[C@@H](C)[C@@H](OC(C)C)c2ncc(Cl)cn2)nnc1[C@@H]1CCC(C)(C)O1. The van der Waals surface area contributed by atoms with Crippen molar-refractivity contribution in [3.8, 4) is 17.4 Å². The zero-order valence-electron chi connectivity index (χ0n) is 23.3. The summed E-state index contributed by atoms with van der Waals surface area (Å²) in [7, 11) is -1.34. The Kier molecular flexibility index (Phi) is 8.77. The van der Waals surface area contributed by atoms with Crippen LogP contribution in [0.2, 0.25) is 5.02 Å². The van der Waals surface area contributed by atoms with Crippen LogP contribution in [-0.4, -0.2) is 74.3 Å². The van der Waals surface area contributed by atoms with Gasteiger partial charge in [-0.15, -0.1) is 10.2 Å². The molecule has 40 heavy (non-hydrogen) atoms. The lowest BCUT2D eigenvalue weighted by atomic mass is 10.1. The highest BCUT2D eigenvalue weighted by Crippen LogP contribution is 2.42. The molecule has 3 aromatic rings. The normalized spacial score (nSPS) is 18.5. The molecule has 0 radical (unpaired) electrons. The molecule has 1 fully saturated rings. The number of nitrogens with one attached hydrogen (secondary N) is 1. The molecule has 4 rings (SSSR count). The zero-order valence-corrected chi connectivity index (χ0v) is 24.9. The highest BCUT2D eigenvalue weighted by Gasteiger charge is 2.40. The minimum Gasteiger partial charge on any atom is -0.479 e. The van der Waals surface area contributed by atoms with Gasteiger partial charge in [0.05, 0.1) is 30.9 Å². The Morgan fingerprint density at radius 2 is 1.70 bits per heavy atom. The Bertz CT molecular complexity index is 1410. The molecule has 1 saturated heterocycles. The second-order valence-corrected chi connectivity index (χ2v) is 12.6. The number of anilines is 1. The molecule has 1 aliphatic heterocycles. The molecule has 1 N–H and O–H groups in total. The van der Waals surface area contributed by atoms with Crippen LogP contribution in [0.25, 0.3) is 5.69 Å². The third-order valence-electron chi connectivity index (χ3n) is 6.27. The average Bonchev–Trinajstić information content (AvgIpc) is 3.48. The molecule has 14 nitrogen and oxygen atoms in total. The lowest BCUT2D eigenvalue weighted by Crippen LogP contribution is -2.35. The second kappa shape index (κ2) is 11.8. The summed E-state index contributed by atoms with van der Waals surface area (Å²) in [6.45, 7) is 9.01. The number of ether oxygens (including phenoxy) is 4. The second-order valence-electron chi connectivity index (χ2n) is 10.1. The van der Waals surface area contributed by atoms with Crippen LogP contribution >= 0.6 is 11.6 Å². The lowest BCUT2D eigenvalue weighted by Gasteiger charge is -2.25. The summed E-state index contributed by atoms with van der Waals surface area (Å²) in [4.78, 5) is 16.8. The maximum Gasteiger partial charge on any atom is 0.245 e. The summed E-state index contributed by atoms with van der Waals surface area (Å²) in [6.07, 6.45) is 3.59. The van der Waals surface area contributed by atoms with Crippen molar-refractivity contribution < 1.29 is 27.4 Å². The molecule has 0 amide bonds. The van der Waals surface area contributed by atoms with E-state index in [1.807, 2.05) is 13.8 Å². The van der Waals surface area contributed by atoms with Crippen LogP contribution in [0.1, 0.15) is 71.3 Å². The number of aromatic nitrogens is 7. The number of halogens is 1. The van der Waals surface area contributed by atoms with Gasteiger partial charge in [-0.05, 0) is 47.5 Å². The maximum absolute atomic E-state index is 13.8. The van der Waals surface area contributed by atoms with E-state index >= 15 is 0 Å². The van der Waals surface area contributed by atoms with Crippen molar-refractivity contribution in [3.05, 3.63) is 35.4 Å². The van der Waals surface area contributed by atoms with E-state index in [1.165, 1.54) is 44.4 Å². The van der Waals surface area contributed by atoms with Gasteiger partial charge >= 0.3 is 0 Å². The fraction of sp³-hybridized carbons (Fsp3) is 0.583. The molecule has 4 heterocycles. The molecule has 218 valence electrons. The molecule has 0 bridgehead atoms. The highest BCUT2D eigenvalue weighted by molar-refractivity contribution is 7.93. The molecular formula is C24H33ClN8O6S.